The van der Waals surface area contributed by atoms with Crippen molar-refractivity contribution in [2.45, 2.75) is 69.7 Å². The summed E-state index contributed by atoms with van der Waals surface area (Å²) in [6.07, 6.45) is 0.193. The number of rotatable bonds is 9. The van der Waals surface area contributed by atoms with Crippen molar-refractivity contribution in [2.24, 2.45) is 17.8 Å². The van der Waals surface area contributed by atoms with Gasteiger partial charge in [-0.3, -0.25) is 4.79 Å². The van der Waals surface area contributed by atoms with Gasteiger partial charge in [-0.05, 0) is 25.7 Å². The maximum atomic E-state index is 12.8. The summed E-state index contributed by atoms with van der Waals surface area (Å²) in [5.74, 6) is -3.78. The monoisotopic (exact) mass is 372 g/mol. The van der Waals surface area contributed by atoms with Crippen LogP contribution in [0.4, 0.5) is 0 Å². The maximum Gasteiger partial charge on any atom is 0.167 e. The molecule has 0 radical (unpaired) electrons. The minimum Gasteiger partial charge on any atom is -0.396 e. The molecular formula is C19H32O7. The molecule has 0 saturated carbocycles. The minimum atomic E-state index is -1.44. The van der Waals surface area contributed by atoms with E-state index in [-0.39, 0.29) is 25.0 Å². The van der Waals surface area contributed by atoms with Crippen LogP contribution in [0.1, 0.15) is 40.0 Å². The van der Waals surface area contributed by atoms with Crippen molar-refractivity contribution in [1.82, 2.24) is 0 Å². The van der Waals surface area contributed by atoms with E-state index in [9.17, 15) is 25.2 Å². The Labute approximate surface area is 154 Å². The van der Waals surface area contributed by atoms with E-state index in [1.807, 2.05) is 6.92 Å². The van der Waals surface area contributed by atoms with E-state index < -0.39 is 47.8 Å². The van der Waals surface area contributed by atoms with E-state index in [0.717, 1.165) is 6.42 Å². The lowest BCUT2D eigenvalue weighted by Gasteiger charge is -2.39. The molecule has 0 aromatic carbocycles. The third kappa shape index (κ3) is 4.03. The van der Waals surface area contributed by atoms with Gasteiger partial charge in [-0.2, -0.15) is 0 Å². The molecule has 4 N–H and O–H groups in total. The highest BCUT2D eigenvalue weighted by Crippen LogP contribution is 2.47. The average molecular weight is 372 g/mol. The summed E-state index contributed by atoms with van der Waals surface area (Å²) in [6, 6.07) is 0. The number of aliphatic hydroxyl groups is 4. The second-order valence-electron chi connectivity index (χ2n) is 7.85. The van der Waals surface area contributed by atoms with Gasteiger partial charge in [0.1, 0.15) is 11.4 Å². The van der Waals surface area contributed by atoms with E-state index in [2.05, 4.69) is 6.58 Å². The Bertz CT molecular complexity index is 524. The van der Waals surface area contributed by atoms with Crippen molar-refractivity contribution < 1.29 is 34.7 Å². The molecular weight excluding hydrogens is 340 g/mol. The second-order valence-corrected chi connectivity index (χ2v) is 7.85. The van der Waals surface area contributed by atoms with Gasteiger partial charge in [0, 0.05) is 6.42 Å². The van der Waals surface area contributed by atoms with Crippen molar-refractivity contribution in [2.75, 3.05) is 13.2 Å². The van der Waals surface area contributed by atoms with E-state index >= 15 is 0 Å². The van der Waals surface area contributed by atoms with Crippen molar-refractivity contribution in [3.63, 3.8) is 0 Å². The zero-order valence-electron chi connectivity index (χ0n) is 15.8. The van der Waals surface area contributed by atoms with Crippen LogP contribution in [-0.4, -0.2) is 69.1 Å². The molecule has 0 aromatic rings. The van der Waals surface area contributed by atoms with Crippen molar-refractivity contribution >= 4 is 5.78 Å². The van der Waals surface area contributed by atoms with Crippen LogP contribution in [0.15, 0.2) is 12.7 Å². The average Bonchev–Trinajstić information content (AvgIpc) is 3.29. The molecule has 2 fully saturated rings. The number of Topliss-reactive ketones (excluding diaryl/α,β-unsaturated/α-hetero) is 1. The Hall–Kier alpha value is -0.830. The summed E-state index contributed by atoms with van der Waals surface area (Å²) in [4.78, 5) is 12.8. The van der Waals surface area contributed by atoms with Gasteiger partial charge in [-0.25, -0.2) is 0 Å². The third-order valence-electron chi connectivity index (χ3n) is 5.92. The van der Waals surface area contributed by atoms with E-state index in [1.165, 1.54) is 0 Å². The summed E-state index contributed by atoms with van der Waals surface area (Å²) >= 11 is 0. The summed E-state index contributed by atoms with van der Waals surface area (Å²) in [5, 5.41) is 40.9. The molecule has 7 nitrogen and oxygen atoms in total. The molecule has 150 valence electrons. The van der Waals surface area contributed by atoms with Gasteiger partial charge in [-0.15, -0.1) is 6.58 Å². The largest absolute Gasteiger partial charge is 0.396 e. The number of hydrogen-bond donors (Lipinski definition) is 4. The fourth-order valence-corrected chi connectivity index (χ4v) is 3.97. The molecule has 7 heteroatoms. The standard InChI is InChI=1S/C19H32O7/c1-5-7-11(3)17-18(4,26-17)16(23)12(9-20)15(22)13-10-25-19(24,6-2)8-14(13)21/h5,11-14,16-17,20-21,23-24H,1,6-10H2,2-4H3/t11-,12-,13?,14?,16-,17+,18?,19?/m0/s1. The first kappa shape index (κ1) is 21.5. The van der Waals surface area contributed by atoms with E-state index in [0.29, 0.717) is 6.42 Å². The first-order valence-corrected chi connectivity index (χ1v) is 9.29. The van der Waals surface area contributed by atoms with Crippen molar-refractivity contribution in [1.29, 1.82) is 0 Å². The van der Waals surface area contributed by atoms with Crippen molar-refractivity contribution in [3.8, 4) is 0 Å². The van der Waals surface area contributed by atoms with Gasteiger partial charge in [0.05, 0.1) is 43.4 Å². The Kier molecular flexibility index (Phi) is 6.64. The van der Waals surface area contributed by atoms with E-state index in [1.54, 1.807) is 19.9 Å². The van der Waals surface area contributed by atoms with Crippen LogP contribution in [-0.2, 0) is 14.3 Å². The number of aliphatic hydroxyl groups excluding tert-OH is 3. The summed E-state index contributed by atoms with van der Waals surface area (Å²) in [5.41, 5.74) is -0.921. The third-order valence-corrected chi connectivity index (χ3v) is 5.92. The predicted octanol–water partition coefficient (Wildman–Crippen LogP) is 0.391. The highest BCUT2D eigenvalue weighted by atomic mass is 16.6. The molecule has 2 aliphatic rings. The van der Waals surface area contributed by atoms with Crippen LogP contribution in [0.5, 0.6) is 0 Å². The van der Waals surface area contributed by atoms with Gasteiger partial charge in [0.15, 0.2) is 5.79 Å². The molecule has 2 heterocycles. The number of ether oxygens (including phenoxy) is 2. The molecule has 0 spiro atoms. The number of hydrogen-bond acceptors (Lipinski definition) is 7. The predicted molar refractivity (Wildman–Crippen MR) is 94.2 cm³/mol. The summed E-state index contributed by atoms with van der Waals surface area (Å²) in [7, 11) is 0. The Morgan fingerprint density at radius 1 is 1.46 bits per heavy atom. The van der Waals surface area contributed by atoms with Crippen LogP contribution in [0, 0.1) is 17.8 Å². The number of ketones is 1. The molecule has 0 aromatic heterocycles. The van der Waals surface area contributed by atoms with Crippen molar-refractivity contribution in [3.05, 3.63) is 12.7 Å². The number of carbonyl (C=O) groups excluding carboxylic acids is 1. The molecule has 4 unspecified atom stereocenters. The molecule has 2 aliphatic heterocycles. The van der Waals surface area contributed by atoms with Gasteiger partial charge < -0.3 is 29.9 Å². The van der Waals surface area contributed by atoms with Gasteiger partial charge in [-0.1, -0.05) is 19.9 Å². The van der Waals surface area contributed by atoms with Crippen LogP contribution in [0.2, 0.25) is 0 Å². The first-order chi connectivity index (χ1) is 12.1. The van der Waals surface area contributed by atoms with Gasteiger partial charge in [0.2, 0.25) is 0 Å². The number of epoxide rings is 1. The Balaban J connectivity index is 2.06. The highest BCUT2D eigenvalue weighted by Gasteiger charge is 2.62. The molecule has 0 bridgehead atoms. The minimum absolute atomic E-state index is 0.0824. The lowest BCUT2D eigenvalue weighted by atomic mass is 9.78. The topological polar surface area (TPSA) is 120 Å². The molecule has 2 rings (SSSR count). The van der Waals surface area contributed by atoms with Crippen LogP contribution in [0.25, 0.3) is 0 Å². The van der Waals surface area contributed by atoms with E-state index in [4.69, 9.17) is 9.47 Å². The lowest BCUT2D eigenvalue weighted by Crippen LogP contribution is -2.53. The number of carbonyl (C=O) groups is 1. The van der Waals surface area contributed by atoms with Crippen LogP contribution in [0.3, 0.4) is 0 Å². The molecule has 8 atom stereocenters. The smallest absolute Gasteiger partial charge is 0.167 e. The highest BCUT2D eigenvalue weighted by molar-refractivity contribution is 5.85. The zero-order chi connectivity index (χ0) is 19.7. The molecule has 0 aliphatic carbocycles. The van der Waals surface area contributed by atoms with Gasteiger partial charge in [0.25, 0.3) is 0 Å². The van der Waals surface area contributed by atoms with Crippen LogP contribution >= 0.6 is 0 Å². The Morgan fingerprint density at radius 2 is 2.12 bits per heavy atom. The molecule has 0 amide bonds. The Morgan fingerprint density at radius 3 is 2.62 bits per heavy atom. The SMILES string of the molecule is C=CC[C@H](C)[C@H]1OC1(C)[C@@H](O)[C@@H](CO)C(=O)C1COC(O)(CC)CC1O. The number of allylic oxidation sites excluding steroid dienone is 1. The summed E-state index contributed by atoms with van der Waals surface area (Å²) < 4.78 is 11.0. The second kappa shape index (κ2) is 8.04. The lowest BCUT2D eigenvalue weighted by molar-refractivity contribution is -0.258. The van der Waals surface area contributed by atoms with Gasteiger partial charge >= 0.3 is 0 Å². The first-order valence-electron chi connectivity index (χ1n) is 9.29. The quantitative estimate of drug-likeness (QED) is 0.341. The molecule has 2 saturated heterocycles. The maximum absolute atomic E-state index is 12.8. The fraction of sp³-hybridized carbons (Fsp3) is 0.842. The molecule has 26 heavy (non-hydrogen) atoms. The summed E-state index contributed by atoms with van der Waals surface area (Å²) in [6.45, 7) is 8.42. The fourth-order valence-electron chi connectivity index (χ4n) is 3.97. The normalized spacial score (nSPS) is 40.5. The van der Waals surface area contributed by atoms with Crippen LogP contribution < -0.4 is 0 Å². The zero-order valence-corrected chi connectivity index (χ0v) is 15.8.